The zero-order valence-electron chi connectivity index (χ0n) is 11.9. The lowest BCUT2D eigenvalue weighted by Gasteiger charge is -2.11. The van der Waals surface area contributed by atoms with E-state index in [1.165, 1.54) is 32.1 Å². The van der Waals surface area contributed by atoms with Gasteiger partial charge in [0.05, 0.1) is 0 Å². The van der Waals surface area contributed by atoms with Gasteiger partial charge in [-0.15, -0.1) is 0 Å². The number of aryl methyl sites for hydroxylation is 1. The van der Waals surface area contributed by atoms with Crippen molar-refractivity contribution in [3.8, 4) is 11.5 Å². The van der Waals surface area contributed by atoms with Crippen LogP contribution in [0.3, 0.4) is 0 Å². The van der Waals surface area contributed by atoms with E-state index in [2.05, 4.69) is 6.92 Å². The van der Waals surface area contributed by atoms with E-state index in [4.69, 9.17) is 0 Å². The highest BCUT2D eigenvalue weighted by Crippen LogP contribution is 2.32. The third kappa shape index (κ3) is 3.94. The highest BCUT2D eigenvalue weighted by Gasteiger charge is 2.10. The molecule has 0 saturated heterocycles. The van der Waals surface area contributed by atoms with Gasteiger partial charge in [-0.05, 0) is 49.4 Å². The molecule has 0 aliphatic heterocycles. The van der Waals surface area contributed by atoms with Gasteiger partial charge < -0.3 is 10.2 Å². The van der Waals surface area contributed by atoms with Crippen LogP contribution in [-0.4, -0.2) is 10.2 Å². The number of phenolic OH excluding ortho intramolecular Hbond substituents is 2. The Morgan fingerprint density at radius 1 is 0.889 bits per heavy atom. The van der Waals surface area contributed by atoms with Crippen LogP contribution in [0.4, 0.5) is 0 Å². The molecule has 0 aliphatic carbocycles. The van der Waals surface area contributed by atoms with Crippen molar-refractivity contribution in [2.24, 2.45) is 0 Å². The monoisotopic (exact) mass is 250 g/mol. The molecule has 0 spiro atoms. The first-order chi connectivity index (χ1) is 8.57. The van der Waals surface area contributed by atoms with Crippen molar-refractivity contribution in [2.75, 3.05) is 0 Å². The van der Waals surface area contributed by atoms with Gasteiger partial charge in [-0.2, -0.15) is 0 Å². The van der Waals surface area contributed by atoms with Crippen molar-refractivity contribution in [1.29, 1.82) is 0 Å². The summed E-state index contributed by atoms with van der Waals surface area (Å²) >= 11 is 0. The Morgan fingerprint density at radius 2 is 1.50 bits per heavy atom. The molecule has 2 N–H and O–H groups in total. The molecule has 0 aliphatic rings. The van der Waals surface area contributed by atoms with Crippen molar-refractivity contribution >= 4 is 0 Å². The lowest BCUT2D eigenvalue weighted by Crippen LogP contribution is -1.92. The average molecular weight is 250 g/mol. The lowest BCUT2D eigenvalue weighted by atomic mass is 9.98. The van der Waals surface area contributed by atoms with Crippen molar-refractivity contribution in [3.63, 3.8) is 0 Å². The maximum atomic E-state index is 10.0. The highest BCUT2D eigenvalue weighted by molar-refractivity contribution is 5.51. The van der Waals surface area contributed by atoms with Crippen molar-refractivity contribution < 1.29 is 10.2 Å². The maximum Gasteiger partial charge on any atom is 0.122 e. The van der Waals surface area contributed by atoms with Crippen LogP contribution in [0.25, 0.3) is 0 Å². The molecule has 2 heteroatoms. The molecule has 0 bridgehead atoms. The molecule has 0 amide bonds. The quantitative estimate of drug-likeness (QED) is 0.547. The van der Waals surface area contributed by atoms with Crippen LogP contribution < -0.4 is 0 Å². The second-order valence-corrected chi connectivity index (χ2v) is 5.17. The summed E-state index contributed by atoms with van der Waals surface area (Å²) in [4.78, 5) is 0. The van der Waals surface area contributed by atoms with E-state index >= 15 is 0 Å². The van der Waals surface area contributed by atoms with E-state index in [1.54, 1.807) is 6.07 Å². The first-order valence-electron chi connectivity index (χ1n) is 7.09. The van der Waals surface area contributed by atoms with Crippen LogP contribution in [0.5, 0.6) is 11.5 Å². The minimum absolute atomic E-state index is 0.297. The number of hydrogen-bond donors (Lipinski definition) is 2. The SMILES string of the molecule is CCCCCCCCc1cc(O)c(C)c(C)c1O. The van der Waals surface area contributed by atoms with Gasteiger partial charge in [-0.1, -0.05) is 39.0 Å². The van der Waals surface area contributed by atoms with Crippen molar-refractivity contribution in [2.45, 2.75) is 65.7 Å². The predicted molar refractivity (Wildman–Crippen MR) is 76.3 cm³/mol. The van der Waals surface area contributed by atoms with Gasteiger partial charge in [0.15, 0.2) is 0 Å². The van der Waals surface area contributed by atoms with E-state index in [9.17, 15) is 10.2 Å². The molecule has 0 atom stereocenters. The van der Waals surface area contributed by atoms with Gasteiger partial charge in [0.2, 0.25) is 0 Å². The number of benzene rings is 1. The molecule has 0 radical (unpaired) electrons. The Labute approximate surface area is 111 Å². The van der Waals surface area contributed by atoms with Crippen molar-refractivity contribution in [1.82, 2.24) is 0 Å². The molecule has 0 fully saturated rings. The van der Waals surface area contributed by atoms with Crippen LogP contribution in [0, 0.1) is 13.8 Å². The topological polar surface area (TPSA) is 40.5 Å². The van der Waals surface area contributed by atoms with Crippen molar-refractivity contribution in [3.05, 3.63) is 22.8 Å². The average Bonchev–Trinajstić information content (AvgIpc) is 2.37. The van der Waals surface area contributed by atoms with E-state index in [0.29, 0.717) is 11.5 Å². The number of aromatic hydroxyl groups is 2. The largest absolute Gasteiger partial charge is 0.508 e. The van der Waals surface area contributed by atoms with Gasteiger partial charge in [0.25, 0.3) is 0 Å². The van der Waals surface area contributed by atoms with Gasteiger partial charge in [0.1, 0.15) is 11.5 Å². The summed E-state index contributed by atoms with van der Waals surface area (Å²) in [5, 5.41) is 19.8. The second-order valence-electron chi connectivity index (χ2n) is 5.17. The maximum absolute atomic E-state index is 10.0. The summed E-state index contributed by atoms with van der Waals surface area (Å²) in [7, 11) is 0. The van der Waals surface area contributed by atoms with E-state index in [-0.39, 0.29) is 0 Å². The van der Waals surface area contributed by atoms with Crippen LogP contribution in [0.15, 0.2) is 6.07 Å². The Bertz CT molecular complexity index is 383. The Hall–Kier alpha value is -1.18. The fourth-order valence-electron chi connectivity index (χ4n) is 2.24. The van der Waals surface area contributed by atoms with Gasteiger partial charge in [0, 0.05) is 0 Å². The van der Waals surface area contributed by atoms with Crippen LogP contribution >= 0.6 is 0 Å². The molecule has 18 heavy (non-hydrogen) atoms. The fourth-order valence-corrected chi connectivity index (χ4v) is 2.24. The summed E-state index contributed by atoms with van der Waals surface area (Å²) in [6.07, 6.45) is 8.30. The fraction of sp³-hybridized carbons (Fsp3) is 0.625. The van der Waals surface area contributed by atoms with Crippen LogP contribution in [0.1, 0.15) is 62.1 Å². The third-order valence-corrected chi connectivity index (χ3v) is 3.72. The first kappa shape index (κ1) is 14.9. The zero-order chi connectivity index (χ0) is 13.5. The minimum atomic E-state index is 0.297. The minimum Gasteiger partial charge on any atom is -0.508 e. The van der Waals surface area contributed by atoms with Crippen LogP contribution in [-0.2, 0) is 6.42 Å². The molecule has 102 valence electrons. The molecule has 0 heterocycles. The third-order valence-electron chi connectivity index (χ3n) is 3.72. The summed E-state index contributed by atoms with van der Waals surface area (Å²) < 4.78 is 0. The molecule has 2 nitrogen and oxygen atoms in total. The van der Waals surface area contributed by atoms with Gasteiger partial charge in [-0.3, -0.25) is 0 Å². The first-order valence-corrected chi connectivity index (χ1v) is 7.09. The highest BCUT2D eigenvalue weighted by atomic mass is 16.3. The van der Waals surface area contributed by atoms with Gasteiger partial charge >= 0.3 is 0 Å². The Morgan fingerprint density at radius 3 is 2.17 bits per heavy atom. The van der Waals surface area contributed by atoms with E-state index in [0.717, 1.165) is 29.5 Å². The molecule has 0 saturated carbocycles. The molecule has 1 aromatic carbocycles. The summed E-state index contributed by atoms with van der Waals surface area (Å²) in [5.74, 6) is 0.658. The number of phenols is 2. The summed E-state index contributed by atoms with van der Waals surface area (Å²) in [6.45, 7) is 5.91. The number of unbranched alkanes of at least 4 members (excludes halogenated alkanes) is 5. The standard InChI is InChI=1S/C16H26O2/c1-4-5-6-7-8-9-10-14-11-15(17)12(2)13(3)16(14)18/h11,17-18H,4-10H2,1-3H3. The van der Waals surface area contributed by atoms with Crippen LogP contribution in [0.2, 0.25) is 0 Å². The summed E-state index contributed by atoms with van der Waals surface area (Å²) in [6, 6.07) is 1.71. The Balaban J connectivity index is 2.48. The lowest BCUT2D eigenvalue weighted by molar-refractivity contribution is 0.445. The molecule has 1 aromatic rings. The second kappa shape index (κ2) is 7.30. The number of hydrogen-bond acceptors (Lipinski definition) is 2. The molecule has 0 aromatic heterocycles. The molecule has 0 unspecified atom stereocenters. The van der Waals surface area contributed by atoms with E-state index < -0.39 is 0 Å². The van der Waals surface area contributed by atoms with Gasteiger partial charge in [-0.25, -0.2) is 0 Å². The smallest absolute Gasteiger partial charge is 0.122 e. The molecular formula is C16H26O2. The normalized spacial score (nSPS) is 10.8. The Kier molecular flexibility index (Phi) is 6.03. The van der Waals surface area contributed by atoms with E-state index in [1.807, 2.05) is 13.8 Å². The molecular weight excluding hydrogens is 224 g/mol. The zero-order valence-corrected chi connectivity index (χ0v) is 11.9. The predicted octanol–water partition coefficient (Wildman–Crippen LogP) is 4.62. The molecule has 1 rings (SSSR count). The summed E-state index contributed by atoms with van der Waals surface area (Å²) in [5.41, 5.74) is 2.46. The number of rotatable bonds is 7.